The topological polar surface area (TPSA) is 26.3 Å². The van der Waals surface area contributed by atoms with Crippen molar-refractivity contribution in [2.75, 3.05) is 7.11 Å². The van der Waals surface area contributed by atoms with Crippen LogP contribution in [0, 0.1) is 5.41 Å². The van der Waals surface area contributed by atoms with E-state index >= 15 is 0 Å². The Kier molecular flexibility index (Phi) is 8.68. The molecule has 0 atom stereocenters. The number of hydrogen-bond acceptors (Lipinski definition) is 2. The van der Waals surface area contributed by atoms with Gasteiger partial charge < -0.3 is 9.20 Å². The second-order valence-electron chi connectivity index (χ2n) is 10.9. The van der Waals surface area contributed by atoms with Crippen LogP contribution in [-0.4, -0.2) is 15.8 Å². The lowest BCUT2D eigenvalue weighted by atomic mass is 9.74. The first-order chi connectivity index (χ1) is 12.8. The molecule has 1 aromatic carbocycles. The van der Waals surface area contributed by atoms with Gasteiger partial charge >= 0.3 is 0 Å². The SMILES string of the molecule is CCCC(C)(C)c1cc(OC)c(C(C)(C)CCC)cc1C[Si](=O)CC(C)(C)C. The van der Waals surface area contributed by atoms with Gasteiger partial charge in [-0.15, -0.1) is 0 Å². The molecule has 28 heavy (non-hydrogen) atoms. The summed E-state index contributed by atoms with van der Waals surface area (Å²) in [6, 6.07) is 6.07. The fourth-order valence-corrected chi connectivity index (χ4v) is 6.51. The van der Waals surface area contributed by atoms with Gasteiger partial charge in [0.05, 0.1) is 7.11 Å². The van der Waals surface area contributed by atoms with E-state index in [1.165, 1.54) is 16.7 Å². The van der Waals surface area contributed by atoms with Gasteiger partial charge in [0, 0.05) is 11.6 Å². The maximum absolute atomic E-state index is 13.1. The minimum Gasteiger partial charge on any atom is -0.496 e. The molecule has 0 heterocycles. The lowest BCUT2D eigenvalue weighted by Crippen LogP contribution is -2.25. The maximum atomic E-state index is 13.1. The molecule has 0 amide bonds. The predicted octanol–water partition coefficient (Wildman–Crippen LogP) is 7.40. The van der Waals surface area contributed by atoms with Crippen LogP contribution in [0.2, 0.25) is 6.04 Å². The van der Waals surface area contributed by atoms with Crippen LogP contribution in [0.5, 0.6) is 5.75 Å². The van der Waals surface area contributed by atoms with Gasteiger partial charge in [0.15, 0.2) is 0 Å². The van der Waals surface area contributed by atoms with E-state index in [1.54, 1.807) is 7.11 Å². The highest BCUT2D eigenvalue weighted by Crippen LogP contribution is 2.41. The smallest absolute Gasteiger partial charge is 0.281 e. The molecule has 1 rings (SSSR count). The first-order valence-electron chi connectivity index (χ1n) is 11.0. The molecule has 0 fully saturated rings. The van der Waals surface area contributed by atoms with E-state index in [-0.39, 0.29) is 16.2 Å². The summed E-state index contributed by atoms with van der Waals surface area (Å²) in [5.41, 5.74) is 4.04. The molecule has 0 unspecified atom stereocenters. The predicted molar refractivity (Wildman–Crippen MR) is 123 cm³/mol. The molecule has 0 saturated carbocycles. The molecule has 0 aliphatic carbocycles. The molecule has 0 aliphatic rings. The summed E-state index contributed by atoms with van der Waals surface area (Å²) < 4.78 is 18.9. The zero-order chi connectivity index (χ0) is 21.8. The van der Waals surface area contributed by atoms with Crippen LogP contribution in [-0.2, 0) is 21.3 Å². The van der Waals surface area contributed by atoms with E-state index in [0.29, 0.717) is 6.04 Å². The summed E-state index contributed by atoms with van der Waals surface area (Å²) in [6.45, 7) is 20.2. The van der Waals surface area contributed by atoms with Gasteiger partial charge in [-0.05, 0) is 52.3 Å². The van der Waals surface area contributed by atoms with Crippen LogP contribution in [0.25, 0.3) is 0 Å². The second kappa shape index (κ2) is 9.69. The zero-order valence-corrected chi connectivity index (χ0v) is 21.2. The Morgan fingerprint density at radius 1 is 0.857 bits per heavy atom. The van der Waals surface area contributed by atoms with Crippen molar-refractivity contribution in [3.8, 4) is 5.75 Å². The molecule has 0 saturated heterocycles. The Balaban J connectivity index is 3.55. The van der Waals surface area contributed by atoms with Gasteiger partial charge in [0.2, 0.25) is 0 Å². The number of ether oxygens (including phenoxy) is 1. The van der Waals surface area contributed by atoms with Crippen LogP contribution in [0.3, 0.4) is 0 Å². The molecule has 0 aliphatic heterocycles. The molecular weight excluding hydrogens is 360 g/mol. The molecule has 3 heteroatoms. The molecule has 160 valence electrons. The Labute approximate surface area is 176 Å². The first kappa shape index (κ1) is 25.1. The second-order valence-corrected chi connectivity index (χ2v) is 12.7. The molecular formula is C25H44O2Si. The molecule has 0 aromatic heterocycles. The largest absolute Gasteiger partial charge is 0.496 e. The summed E-state index contributed by atoms with van der Waals surface area (Å²) in [6.07, 6.45) is 4.49. The van der Waals surface area contributed by atoms with Gasteiger partial charge in [-0.2, -0.15) is 0 Å². The summed E-state index contributed by atoms with van der Waals surface area (Å²) in [4.78, 5) is 0. The van der Waals surface area contributed by atoms with Crippen LogP contribution in [0.4, 0.5) is 0 Å². The van der Waals surface area contributed by atoms with Crippen molar-refractivity contribution >= 4 is 8.68 Å². The van der Waals surface area contributed by atoms with Gasteiger partial charge in [-0.1, -0.05) is 81.2 Å². The lowest BCUT2D eigenvalue weighted by molar-refractivity contribution is 0.380. The number of hydrogen-bond donors (Lipinski definition) is 0. The van der Waals surface area contributed by atoms with Crippen molar-refractivity contribution in [3.05, 3.63) is 28.8 Å². The Bertz CT molecular complexity index is 666. The van der Waals surface area contributed by atoms with Crippen LogP contribution in [0.15, 0.2) is 12.1 Å². The minimum atomic E-state index is -1.68. The first-order valence-corrected chi connectivity index (χ1v) is 12.8. The van der Waals surface area contributed by atoms with E-state index < -0.39 is 8.68 Å². The Hall–Kier alpha value is -0.963. The van der Waals surface area contributed by atoms with Crippen molar-refractivity contribution in [3.63, 3.8) is 0 Å². The van der Waals surface area contributed by atoms with Gasteiger partial charge in [0.25, 0.3) is 8.68 Å². The fraction of sp³-hybridized carbons (Fsp3) is 0.760. The van der Waals surface area contributed by atoms with E-state index in [4.69, 9.17) is 4.74 Å². The van der Waals surface area contributed by atoms with Crippen LogP contribution < -0.4 is 4.74 Å². The van der Waals surface area contributed by atoms with Crippen molar-refractivity contribution < 1.29 is 9.20 Å². The quantitative estimate of drug-likeness (QED) is 0.380. The summed E-state index contributed by atoms with van der Waals surface area (Å²) in [7, 11) is 0.0982. The van der Waals surface area contributed by atoms with E-state index in [2.05, 4.69) is 74.4 Å². The Morgan fingerprint density at radius 3 is 1.79 bits per heavy atom. The van der Waals surface area contributed by atoms with E-state index in [1.807, 2.05) is 0 Å². The van der Waals surface area contributed by atoms with Gasteiger partial charge in [0.1, 0.15) is 5.75 Å². The lowest BCUT2D eigenvalue weighted by Gasteiger charge is -2.33. The average Bonchev–Trinajstić information content (AvgIpc) is 2.52. The van der Waals surface area contributed by atoms with Crippen LogP contribution in [0.1, 0.15) is 105 Å². The third-order valence-corrected chi connectivity index (χ3v) is 7.98. The van der Waals surface area contributed by atoms with E-state index in [0.717, 1.165) is 37.5 Å². The highest BCUT2D eigenvalue weighted by Gasteiger charge is 2.30. The molecule has 1 aromatic rings. The fourth-order valence-electron chi connectivity index (χ4n) is 4.48. The van der Waals surface area contributed by atoms with Crippen molar-refractivity contribution in [2.24, 2.45) is 5.41 Å². The average molecular weight is 405 g/mol. The maximum Gasteiger partial charge on any atom is 0.281 e. The molecule has 0 N–H and O–H groups in total. The molecule has 0 spiro atoms. The molecule has 0 bridgehead atoms. The van der Waals surface area contributed by atoms with Crippen molar-refractivity contribution in [1.82, 2.24) is 0 Å². The third-order valence-electron chi connectivity index (χ3n) is 5.75. The third kappa shape index (κ3) is 6.83. The Morgan fingerprint density at radius 2 is 1.36 bits per heavy atom. The molecule has 0 radical (unpaired) electrons. The normalized spacial score (nSPS) is 12.9. The summed E-state index contributed by atoms with van der Waals surface area (Å²) >= 11 is 0. The van der Waals surface area contributed by atoms with Gasteiger partial charge in [-0.25, -0.2) is 0 Å². The number of benzene rings is 1. The summed E-state index contributed by atoms with van der Waals surface area (Å²) in [5, 5.41) is 0. The number of rotatable bonds is 10. The van der Waals surface area contributed by atoms with Crippen molar-refractivity contribution in [1.29, 1.82) is 0 Å². The highest BCUT2D eigenvalue weighted by molar-refractivity contribution is 6.42. The zero-order valence-electron chi connectivity index (χ0n) is 20.2. The summed E-state index contributed by atoms with van der Waals surface area (Å²) in [5.74, 6) is 0.983. The monoisotopic (exact) mass is 404 g/mol. The number of methoxy groups -OCH3 is 1. The highest BCUT2D eigenvalue weighted by atomic mass is 28.3. The van der Waals surface area contributed by atoms with Gasteiger partial charge in [-0.3, -0.25) is 0 Å². The molecule has 2 nitrogen and oxygen atoms in total. The minimum absolute atomic E-state index is 0.0437. The van der Waals surface area contributed by atoms with Crippen molar-refractivity contribution in [2.45, 2.75) is 111 Å². The van der Waals surface area contributed by atoms with Crippen LogP contribution >= 0.6 is 0 Å². The standard InChI is InChI=1S/C25H44O2Si/c1-11-13-24(6,7)20-16-22(27-10)21(25(8,9)14-12-2)15-19(20)17-28(26)18-23(3,4)5/h15-16H,11-14,17-18H2,1-10H3. The van der Waals surface area contributed by atoms with E-state index in [9.17, 15) is 4.46 Å².